The van der Waals surface area contributed by atoms with Crippen LogP contribution in [0.5, 0.6) is 0 Å². The van der Waals surface area contributed by atoms with Gasteiger partial charge in [0.1, 0.15) is 0 Å². The van der Waals surface area contributed by atoms with Crippen molar-refractivity contribution in [2.75, 3.05) is 19.6 Å². The first-order valence-electron chi connectivity index (χ1n) is 11.6. The zero-order valence-electron chi connectivity index (χ0n) is 19.3. The Morgan fingerprint density at radius 3 is 2.52 bits per heavy atom. The van der Waals surface area contributed by atoms with Crippen LogP contribution in [0.25, 0.3) is 11.1 Å². The molecule has 2 atom stereocenters. The maximum absolute atomic E-state index is 13.3. The predicted octanol–water partition coefficient (Wildman–Crippen LogP) is 4.45. The number of hydrogen-bond donors (Lipinski definition) is 1. The minimum absolute atomic E-state index is 0.0296. The molecule has 0 spiro atoms. The van der Waals surface area contributed by atoms with Gasteiger partial charge in [0.25, 0.3) is 0 Å². The van der Waals surface area contributed by atoms with Gasteiger partial charge >= 0.3 is 0 Å². The minimum Gasteiger partial charge on any atom is -0.356 e. The molecule has 0 aliphatic carbocycles. The topological polar surface area (TPSA) is 62.3 Å². The molecule has 2 aromatic carbocycles. The smallest absolute Gasteiger partial charge is 0.229 e. The fourth-order valence-electron chi connectivity index (χ4n) is 4.77. The summed E-state index contributed by atoms with van der Waals surface area (Å²) in [5, 5.41) is 3.03. The number of hydrogen-bond acceptors (Lipinski definition) is 3. The van der Waals surface area contributed by atoms with E-state index in [0.717, 1.165) is 22.3 Å². The largest absolute Gasteiger partial charge is 0.356 e. The second-order valence-electron chi connectivity index (χ2n) is 8.89. The molecule has 5 nitrogen and oxygen atoms in total. The standard InChI is InChI=1S/C28H31N3O2/c1-3-30-27(33)28(19-22-8-7-11-25(18-22)24-12-15-29-16-13-24)14-17-31(20-28)26(32)21(2)23-9-5-4-6-10-23/h4-13,15-16,18,21H,3,14,17,19-20H2,1-2H3,(H,30,33)/t21-,28-/m0/s1. The van der Waals surface area contributed by atoms with Gasteiger partial charge in [-0.25, -0.2) is 0 Å². The summed E-state index contributed by atoms with van der Waals surface area (Å²) >= 11 is 0. The molecule has 2 amide bonds. The lowest BCUT2D eigenvalue weighted by Crippen LogP contribution is -2.45. The molecule has 0 radical (unpaired) electrons. The highest BCUT2D eigenvalue weighted by atomic mass is 16.2. The summed E-state index contributed by atoms with van der Waals surface area (Å²) in [4.78, 5) is 32.5. The van der Waals surface area contributed by atoms with Crippen molar-refractivity contribution in [2.24, 2.45) is 5.41 Å². The SMILES string of the molecule is CCNC(=O)[C@]1(Cc2cccc(-c3ccncc3)c2)CCN(C(=O)[C@@H](C)c2ccccc2)C1. The number of likely N-dealkylation sites (tertiary alicyclic amines) is 1. The maximum Gasteiger partial charge on any atom is 0.229 e. The van der Waals surface area contributed by atoms with E-state index in [1.54, 1.807) is 12.4 Å². The molecule has 1 fully saturated rings. The first-order valence-corrected chi connectivity index (χ1v) is 11.6. The number of nitrogens with zero attached hydrogens (tertiary/aromatic N) is 2. The van der Waals surface area contributed by atoms with E-state index in [2.05, 4.69) is 28.5 Å². The van der Waals surface area contributed by atoms with Crippen molar-refractivity contribution in [3.63, 3.8) is 0 Å². The molecule has 1 saturated heterocycles. The average Bonchev–Trinajstić information content (AvgIpc) is 3.30. The highest BCUT2D eigenvalue weighted by Crippen LogP contribution is 2.37. The van der Waals surface area contributed by atoms with Crippen LogP contribution < -0.4 is 5.32 Å². The van der Waals surface area contributed by atoms with Crippen LogP contribution in [0.4, 0.5) is 0 Å². The number of amides is 2. The second-order valence-corrected chi connectivity index (χ2v) is 8.89. The molecule has 3 aromatic rings. The van der Waals surface area contributed by atoms with Gasteiger partial charge in [-0.05, 0) is 61.1 Å². The highest BCUT2D eigenvalue weighted by molar-refractivity contribution is 5.88. The maximum atomic E-state index is 13.3. The van der Waals surface area contributed by atoms with Gasteiger partial charge in [-0.3, -0.25) is 14.6 Å². The molecule has 4 rings (SSSR count). The summed E-state index contributed by atoms with van der Waals surface area (Å²) in [5.74, 6) is -0.119. The van der Waals surface area contributed by atoms with E-state index < -0.39 is 5.41 Å². The van der Waals surface area contributed by atoms with Crippen molar-refractivity contribution < 1.29 is 9.59 Å². The number of rotatable bonds is 7. The van der Waals surface area contributed by atoms with E-state index >= 15 is 0 Å². The Balaban J connectivity index is 1.57. The summed E-state index contributed by atoms with van der Waals surface area (Å²) in [6.07, 6.45) is 4.83. The Bertz CT molecular complexity index is 1100. The lowest BCUT2D eigenvalue weighted by Gasteiger charge is -2.29. The fourth-order valence-corrected chi connectivity index (χ4v) is 4.77. The van der Waals surface area contributed by atoms with Crippen molar-refractivity contribution in [1.82, 2.24) is 15.2 Å². The third-order valence-corrected chi connectivity index (χ3v) is 6.64. The molecule has 0 bridgehead atoms. The first kappa shape index (κ1) is 22.7. The van der Waals surface area contributed by atoms with Gasteiger partial charge < -0.3 is 10.2 Å². The third kappa shape index (κ3) is 4.98. The molecule has 1 N–H and O–H groups in total. The van der Waals surface area contributed by atoms with Gasteiger partial charge in [-0.15, -0.1) is 0 Å². The van der Waals surface area contributed by atoms with Crippen molar-refractivity contribution >= 4 is 11.8 Å². The molecule has 170 valence electrons. The normalized spacial score (nSPS) is 18.7. The molecule has 1 aromatic heterocycles. The van der Waals surface area contributed by atoms with Crippen LogP contribution in [-0.2, 0) is 16.0 Å². The second kappa shape index (κ2) is 9.99. The van der Waals surface area contributed by atoms with Gasteiger partial charge in [0.2, 0.25) is 11.8 Å². The van der Waals surface area contributed by atoms with Gasteiger partial charge in [0.15, 0.2) is 0 Å². The minimum atomic E-state index is -0.626. The van der Waals surface area contributed by atoms with Gasteiger partial charge in [-0.2, -0.15) is 0 Å². The summed E-state index contributed by atoms with van der Waals surface area (Å²) in [6, 6.07) is 22.1. The lowest BCUT2D eigenvalue weighted by atomic mass is 9.79. The van der Waals surface area contributed by atoms with Crippen LogP contribution in [0.15, 0.2) is 79.1 Å². The van der Waals surface area contributed by atoms with E-state index in [4.69, 9.17) is 0 Å². The van der Waals surface area contributed by atoms with Crippen LogP contribution in [-0.4, -0.2) is 41.3 Å². The quantitative estimate of drug-likeness (QED) is 0.589. The molecule has 0 saturated carbocycles. The monoisotopic (exact) mass is 441 g/mol. The molecule has 1 aliphatic rings. The molecule has 33 heavy (non-hydrogen) atoms. The van der Waals surface area contributed by atoms with Crippen LogP contribution in [0, 0.1) is 5.41 Å². The highest BCUT2D eigenvalue weighted by Gasteiger charge is 2.46. The summed E-state index contributed by atoms with van der Waals surface area (Å²) in [7, 11) is 0. The average molecular weight is 442 g/mol. The number of carbonyl (C=O) groups is 2. The van der Waals surface area contributed by atoms with Crippen molar-refractivity contribution in [3.8, 4) is 11.1 Å². The van der Waals surface area contributed by atoms with Crippen molar-refractivity contribution in [3.05, 3.63) is 90.3 Å². The van der Waals surface area contributed by atoms with E-state index in [-0.39, 0.29) is 17.7 Å². The first-order chi connectivity index (χ1) is 16.0. The Morgan fingerprint density at radius 2 is 1.79 bits per heavy atom. The molecule has 5 heteroatoms. The predicted molar refractivity (Wildman–Crippen MR) is 131 cm³/mol. The summed E-state index contributed by atoms with van der Waals surface area (Å²) in [6.45, 7) is 5.49. The van der Waals surface area contributed by atoms with Gasteiger partial charge in [-0.1, -0.05) is 54.6 Å². The number of carbonyl (C=O) groups excluding carboxylic acids is 2. The Morgan fingerprint density at radius 1 is 1.03 bits per heavy atom. The molecular weight excluding hydrogens is 410 g/mol. The van der Waals surface area contributed by atoms with Crippen LogP contribution >= 0.6 is 0 Å². The lowest BCUT2D eigenvalue weighted by molar-refractivity contribution is -0.134. The van der Waals surface area contributed by atoms with E-state index in [0.29, 0.717) is 32.5 Å². The third-order valence-electron chi connectivity index (χ3n) is 6.64. The van der Waals surface area contributed by atoms with E-state index in [1.807, 2.05) is 67.3 Å². The van der Waals surface area contributed by atoms with Crippen LogP contribution in [0.3, 0.4) is 0 Å². The van der Waals surface area contributed by atoms with Crippen LogP contribution in [0.2, 0.25) is 0 Å². The molecule has 2 heterocycles. The number of benzene rings is 2. The van der Waals surface area contributed by atoms with Gasteiger partial charge in [0, 0.05) is 32.0 Å². The molecular formula is C28H31N3O2. The zero-order chi connectivity index (χ0) is 23.3. The van der Waals surface area contributed by atoms with Crippen molar-refractivity contribution in [1.29, 1.82) is 0 Å². The summed E-state index contributed by atoms with van der Waals surface area (Å²) in [5.41, 5.74) is 3.67. The molecule has 0 unspecified atom stereocenters. The molecule has 1 aliphatic heterocycles. The van der Waals surface area contributed by atoms with E-state index in [9.17, 15) is 9.59 Å². The zero-order valence-corrected chi connectivity index (χ0v) is 19.3. The Labute approximate surface area is 195 Å². The fraction of sp³-hybridized carbons (Fsp3) is 0.321. The Hall–Kier alpha value is -3.47. The number of nitrogens with one attached hydrogen (secondary N) is 1. The van der Waals surface area contributed by atoms with Crippen molar-refractivity contribution in [2.45, 2.75) is 32.6 Å². The Kier molecular flexibility index (Phi) is 6.87. The van der Waals surface area contributed by atoms with Gasteiger partial charge in [0.05, 0.1) is 11.3 Å². The number of pyridine rings is 1. The number of aromatic nitrogens is 1. The summed E-state index contributed by atoms with van der Waals surface area (Å²) < 4.78 is 0. The van der Waals surface area contributed by atoms with E-state index in [1.165, 1.54) is 0 Å². The van der Waals surface area contributed by atoms with Crippen LogP contribution in [0.1, 0.15) is 37.3 Å².